The van der Waals surface area contributed by atoms with Crippen molar-refractivity contribution in [1.82, 2.24) is 0 Å². The fourth-order valence-electron chi connectivity index (χ4n) is 2.04. The summed E-state index contributed by atoms with van der Waals surface area (Å²) in [5.74, 6) is 0.583. The van der Waals surface area contributed by atoms with Crippen molar-refractivity contribution in [3.63, 3.8) is 0 Å². The first kappa shape index (κ1) is 11.7. The average molecular weight is 218 g/mol. The molecule has 1 aliphatic rings. The van der Waals surface area contributed by atoms with Gasteiger partial charge in [-0.05, 0) is 41.7 Å². The predicted molar refractivity (Wildman–Crippen MR) is 67.6 cm³/mol. The Hall–Kier alpha value is -0.820. The lowest BCUT2D eigenvalue weighted by atomic mass is 9.94. The highest BCUT2D eigenvalue weighted by Gasteiger charge is 2.43. The lowest BCUT2D eigenvalue weighted by Gasteiger charge is -2.17. The van der Waals surface area contributed by atoms with Gasteiger partial charge in [0.15, 0.2) is 0 Å². The molecule has 88 valence electrons. The molecule has 1 fully saturated rings. The largest absolute Gasteiger partial charge is 0.392 e. The van der Waals surface area contributed by atoms with E-state index >= 15 is 0 Å². The summed E-state index contributed by atoms with van der Waals surface area (Å²) < 4.78 is 0. The van der Waals surface area contributed by atoms with Gasteiger partial charge >= 0.3 is 0 Å². The van der Waals surface area contributed by atoms with Crippen LogP contribution < -0.4 is 0 Å². The Morgan fingerprint density at radius 1 is 1.19 bits per heavy atom. The van der Waals surface area contributed by atoms with Gasteiger partial charge in [0.1, 0.15) is 0 Å². The van der Waals surface area contributed by atoms with E-state index < -0.39 is 0 Å². The van der Waals surface area contributed by atoms with Crippen LogP contribution in [-0.4, -0.2) is 11.2 Å². The number of aliphatic hydroxyl groups is 1. The van der Waals surface area contributed by atoms with Crippen LogP contribution in [0.1, 0.15) is 50.7 Å². The number of benzene rings is 1. The predicted octanol–water partition coefficient (Wildman–Crippen LogP) is 3.51. The van der Waals surface area contributed by atoms with E-state index in [0.29, 0.717) is 5.92 Å². The maximum Gasteiger partial charge on any atom is 0.0634 e. The maximum atomic E-state index is 10.1. The Morgan fingerprint density at radius 2 is 1.75 bits per heavy atom. The van der Waals surface area contributed by atoms with Gasteiger partial charge in [-0.3, -0.25) is 0 Å². The third kappa shape index (κ3) is 2.46. The van der Waals surface area contributed by atoms with Gasteiger partial charge < -0.3 is 5.11 Å². The molecule has 1 nitrogen and oxygen atoms in total. The number of hydrogen-bond acceptors (Lipinski definition) is 1. The van der Waals surface area contributed by atoms with Crippen molar-refractivity contribution >= 4 is 0 Å². The zero-order valence-electron chi connectivity index (χ0n) is 10.5. The summed E-state index contributed by atoms with van der Waals surface area (Å²) in [7, 11) is 0. The van der Waals surface area contributed by atoms with E-state index in [0.717, 1.165) is 6.42 Å². The van der Waals surface area contributed by atoms with E-state index in [9.17, 15) is 5.11 Å². The van der Waals surface area contributed by atoms with Crippen molar-refractivity contribution in [3.05, 3.63) is 35.4 Å². The van der Waals surface area contributed by atoms with Gasteiger partial charge in [0.25, 0.3) is 0 Å². The van der Waals surface area contributed by atoms with Gasteiger partial charge in [0, 0.05) is 0 Å². The summed E-state index contributed by atoms with van der Waals surface area (Å²) in [5.41, 5.74) is 2.83. The summed E-state index contributed by atoms with van der Waals surface area (Å²) in [4.78, 5) is 0. The molecule has 0 spiro atoms. The van der Waals surface area contributed by atoms with E-state index in [2.05, 4.69) is 45.0 Å². The molecular weight excluding hydrogens is 196 g/mol. The molecule has 1 aromatic carbocycles. The van der Waals surface area contributed by atoms with Crippen LogP contribution in [0.25, 0.3) is 0 Å². The van der Waals surface area contributed by atoms with Gasteiger partial charge in [0.05, 0.1) is 6.10 Å². The quantitative estimate of drug-likeness (QED) is 0.820. The van der Waals surface area contributed by atoms with Gasteiger partial charge in [-0.2, -0.15) is 0 Å². The second-order valence-electron chi connectivity index (χ2n) is 5.77. The van der Waals surface area contributed by atoms with E-state index in [4.69, 9.17) is 0 Å². The molecule has 1 saturated carbocycles. The van der Waals surface area contributed by atoms with E-state index in [1.165, 1.54) is 24.0 Å². The van der Waals surface area contributed by atoms with Gasteiger partial charge in [-0.25, -0.2) is 0 Å². The zero-order chi connectivity index (χ0) is 11.8. The molecule has 0 bridgehead atoms. The van der Waals surface area contributed by atoms with Crippen LogP contribution >= 0.6 is 0 Å². The smallest absolute Gasteiger partial charge is 0.0634 e. The van der Waals surface area contributed by atoms with Gasteiger partial charge in [-0.1, -0.05) is 45.0 Å². The van der Waals surface area contributed by atoms with Crippen molar-refractivity contribution in [2.24, 2.45) is 5.41 Å². The monoisotopic (exact) mass is 218 g/mol. The minimum Gasteiger partial charge on any atom is -0.392 e. The highest BCUT2D eigenvalue weighted by molar-refractivity contribution is 5.25. The van der Waals surface area contributed by atoms with Crippen molar-refractivity contribution in [1.29, 1.82) is 0 Å². The lowest BCUT2D eigenvalue weighted by molar-refractivity contribution is 0.103. The van der Waals surface area contributed by atoms with Crippen LogP contribution in [-0.2, 0) is 6.42 Å². The van der Waals surface area contributed by atoms with E-state index in [1.807, 2.05) is 0 Å². The molecule has 16 heavy (non-hydrogen) atoms. The Morgan fingerprint density at radius 3 is 2.19 bits per heavy atom. The molecule has 1 atom stereocenters. The Bertz CT molecular complexity index is 346. The molecule has 0 saturated heterocycles. The summed E-state index contributed by atoms with van der Waals surface area (Å²) >= 11 is 0. The molecule has 1 aromatic rings. The number of aliphatic hydroxyl groups excluding tert-OH is 1. The first-order chi connectivity index (χ1) is 7.51. The Balaban J connectivity index is 1.99. The maximum absolute atomic E-state index is 10.1. The molecule has 1 heteroatoms. The number of rotatable bonds is 4. The highest BCUT2D eigenvalue weighted by Crippen LogP contribution is 2.48. The molecule has 0 aromatic heterocycles. The zero-order valence-corrected chi connectivity index (χ0v) is 10.5. The summed E-state index contributed by atoms with van der Waals surface area (Å²) in [6.07, 6.45) is 2.99. The van der Waals surface area contributed by atoms with Crippen molar-refractivity contribution in [2.45, 2.75) is 52.1 Å². The van der Waals surface area contributed by atoms with Crippen LogP contribution in [0.2, 0.25) is 0 Å². The third-order valence-corrected chi connectivity index (χ3v) is 3.92. The second-order valence-corrected chi connectivity index (χ2v) is 5.77. The minimum atomic E-state index is -0.169. The molecule has 0 aliphatic heterocycles. The van der Waals surface area contributed by atoms with Crippen LogP contribution in [0.3, 0.4) is 0 Å². The van der Waals surface area contributed by atoms with Crippen molar-refractivity contribution in [3.8, 4) is 0 Å². The average Bonchev–Trinajstić information content (AvgIpc) is 2.99. The summed E-state index contributed by atoms with van der Waals surface area (Å²) in [6, 6.07) is 8.68. The molecule has 1 unspecified atom stereocenters. The van der Waals surface area contributed by atoms with Crippen LogP contribution in [0.15, 0.2) is 24.3 Å². The first-order valence-corrected chi connectivity index (χ1v) is 6.28. The summed E-state index contributed by atoms with van der Waals surface area (Å²) in [6.45, 7) is 6.59. The molecular formula is C15H22O. The SMILES string of the molecule is CC(C)c1ccc(CC(O)C2(C)CC2)cc1. The van der Waals surface area contributed by atoms with E-state index in [1.54, 1.807) is 0 Å². The lowest BCUT2D eigenvalue weighted by Crippen LogP contribution is -2.21. The molecule has 2 rings (SSSR count). The van der Waals surface area contributed by atoms with Crippen molar-refractivity contribution < 1.29 is 5.11 Å². The van der Waals surface area contributed by atoms with E-state index in [-0.39, 0.29) is 11.5 Å². The molecule has 1 N–H and O–H groups in total. The molecule has 0 heterocycles. The topological polar surface area (TPSA) is 20.2 Å². The van der Waals surface area contributed by atoms with Crippen LogP contribution in [0.5, 0.6) is 0 Å². The van der Waals surface area contributed by atoms with Crippen LogP contribution in [0.4, 0.5) is 0 Å². The van der Waals surface area contributed by atoms with Crippen molar-refractivity contribution in [2.75, 3.05) is 0 Å². The van der Waals surface area contributed by atoms with Crippen LogP contribution in [0, 0.1) is 5.41 Å². The fourth-order valence-corrected chi connectivity index (χ4v) is 2.04. The first-order valence-electron chi connectivity index (χ1n) is 6.28. The van der Waals surface area contributed by atoms with Gasteiger partial charge in [0.2, 0.25) is 0 Å². The standard InChI is InChI=1S/C15H22O/c1-11(2)13-6-4-12(5-7-13)10-14(16)15(3)8-9-15/h4-7,11,14,16H,8-10H2,1-3H3. The molecule has 0 amide bonds. The Kier molecular flexibility index (Phi) is 3.07. The normalized spacial score (nSPS) is 19.8. The molecule has 0 radical (unpaired) electrons. The molecule has 1 aliphatic carbocycles. The highest BCUT2D eigenvalue weighted by atomic mass is 16.3. The number of hydrogen-bond donors (Lipinski definition) is 1. The second kappa shape index (κ2) is 4.21. The minimum absolute atomic E-state index is 0.169. The fraction of sp³-hybridized carbons (Fsp3) is 0.600. The summed E-state index contributed by atoms with van der Waals surface area (Å²) in [5, 5.41) is 10.1. The van der Waals surface area contributed by atoms with Gasteiger partial charge in [-0.15, -0.1) is 0 Å². The Labute approximate surface area is 98.5 Å². The third-order valence-electron chi connectivity index (χ3n) is 3.92.